The highest BCUT2D eigenvalue weighted by Gasteiger charge is 2.36. The van der Waals surface area contributed by atoms with E-state index in [1.54, 1.807) is 11.0 Å². The van der Waals surface area contributed by atoms with Crippen LogP contribution in [0.15, 0.2) is 47.4 Å². The lowest BCUT2D eigenvalue weighted by Gasteiger charge is -2.20. The molecular weight excluding hydrogens is 374 g/mol. The van der Waals surface area contributed by atoms with E-state index in [4.69, 9.17) is 5.73 Å². The van der Waals surface area contributed by atoms with Crippen LogP contribution in [0.2, 0.25) is 0 Å². The Labute approximate surface area is 168 Å². The molecule has 7 heteroatoms. The first-order valence-corrected chi connectivity index (χ1v) is 10.0. The minimum atomic E-state index is -0.429. The summed E-state index contributed by atoms with van der Waals surface area (Å²) in [7, 11) is 0. The number of amides is 3. The molecule has 0 aliphatic carbocycles. The maximum atomic E-state index is 12.8. The predicted molar refractivity (Wildman–Crippen MR) is 111 cm³/mol. The number of aryl methyl sites for hydroxylation is 1. The van der Waals surface area contributed by atoms with Crippen molar-refractivity contribution < 1.29 is 14.4 Å². The van der Waals surface area contributed by atoms with Crippen LogP contribution in [-0.4, -0.2) is 30.0 Å². The molecule has 2 aromatic rings. The Balaban J connectivity index is 1.72. The number of nitrogens with one attached hydrogen (secondary N) is 1. The minimum Gasteiger partial charge on any atom is -0.369 e. The number of carbonyl (C=O) groups is 3. The van der Waals surface area contributed by atoms with Gasteiger partial charge in [-0.05, 0) is 43.2 Å². The van der Waals surface area contributed by atoms with E-state index in [0.29, 0.717) is 12.2 Å². The summed E-state index contributed by atoms with van der Waals surface area (Å²) in [4.78, 5) is 38.8. The van der Waals surface area contributed by atoms with Gasteiger partial charge < -0.3 is 16.0 Å². The molecule has 1 aliphatic heterocycles. The number of nitrogens with two attached hydrogens (primary N) is 1. The molecule has 6 nitrogen and oxygen atoms in total. The standard InChI is InChI=1S/C21H23N3O3S/c1-13-6-5-8-17(14(13)2)24-11-15(10-20(24)26)21(27)23-16-7-3-4-9-18(16)28-12-19(22)25/h3-9,15H,10-12H2,1-2H3,(H2,22,25)(H,23,27). The summed E-state index contributed by atoms with van der Waals surface area (Å²) in [6, 6.07) is 13.1. The van der Waals surface area contributed by atoms with Crippen LogP contribution >= 0.6 is 11.8 Å². The number of nitrogens with zero attached hydrogens (tertiary/aromatic N) is 1. The Morgan fingerprint density at radius 1 is 1.18 bits per heavy atom. The fourth-order valence-electron chi connectivity index (χ4n) is 3.22. The van der Waals surface area contributed by atoms with Gasteiger partial charge in [0.05, 0.1) is 17.4 Å². The molecule has 1 saturated heterocycles. The monoisotopic (exact) mass is 397 g/mol. The van der Waals surface area contributed by atoms with E-state index in [-0.39, 0.29) is 24.0 Å². The van der Waals surface area contributed by atoms with E-state index in [2.05, 4.69) is 5.32 Å². The van der Waals surface area contributed by atoms with Crippen molar-refractivity contribution in [2.45, 2.75) is 25.2 Å². The van der Waals surface area contributed by atoms with Gasteiger partial charge in [-0.2, -0.15) is 0 Å². The summed E-state index contributed by atoms with van der Waals surface area (Å²) >= 11 is 1.27. The molecule has 0 spiro atoms. The number of benzene rings is 2. The summed E-state index contributed by atoms with van der Waals surface area (Å²) in [5.41, 5.74) is 8.85. The Hall–Kier alpha value is -2.80. The molecule has 146 valence electrons. The van der Waals surface area contributed by atoms with Crippen molar-refractivity contribution in [3.8, 4) is 0 Å². The highest BCUT2D eigenvalue weighted by Crippen LogP contribution is 2.31. The average molecular weight is 398 g/mol. The lowest BCUT2D eigenvalue weighted by atomic mass is 10.1. The fourth-order valence-corrected chi connectivity index (χ4v) is 3.97. The van der Waals surface area contributed by atoms with Gasteiger partial charge in [0, 0.05) is 23.5 Å². The lowest BCUT2D eigenvalue weighted by Crippen LogP contribution is -2.28. The van der Waals surface area contributed by atoms with Gasteiger partial charge in [0.25, 0.3) is 0 Å². The van der Waals surface area contributed by atoms with Gasteiger partial charge in [-0.3, -0.25) is 14.4 Å². The smallest absolute Gasteiger partial charge is 0.229 e. The molecular formula is C21H23N3O3S. The zero-order chi connectivity index (χ0) is 20.3. The van der Waals surface area contributed by atoms with Crippen molar-refractivity contribution in [2.75, 3.05) is 22.5 Å². The Kier molecular flexibility index (Phi) is 6.04. The second kappa shape index (κ2) is 8.48. The number of hydrogen-bond donors (Lipinski definition) is 2. The van der Waals surface area contributed by atoms with Gasteiger partial charge in [0.2, 0.25) is 17.7 Å². The first-order valence-electron chi connectivity index (χ1n) is 9.04. The third-order valence-electron chi connectivity index (χ3n) is 4.88. The zero-order valence-corrected chi connectivity index (χ0v) is 16.7. The summed E-state index contributed by atoms with van der Waals surface area (Å²) < 4.78 is 0. The van der Waals surface area contributed by atoms with Crippen molar-refractivity contribution in [3.63, 3.8) is 0 Å². The molecule has 0 bridgehead atoms. The minimum absolute atomic E-state index is 0.0507. The number of carbonyl (C=O) groups excluding carboxylic acids is 3. The van der Waals surface area contributed by atoms with E-state index in [1.807, 2.05) is 50.2 Å². The summed E-state index contributed by atoms with van der Waals surface area (Å²) in [5.74, 6) is -0.966. The predicted octanol–water partition coefficient (Wildman–Crippen LogP) is 2.87. The quantitative estimate of drug-likeness (QED) is 0.733. The van der Waals surface area contributed by atoms with Crippen LogP contribution in [0.3, 0.4) is 0 Å². The third-order valence-corrected chi connectivity index (χ3v) is 5.97. The Morgan fingerprint density at radius 3 is 2.68 bits per heavy atom. The van der Waals surface area contributed by atoms with Gasteiger partial charge >= 0.3 is 0 Å². The number of rotatable bonds is 6. The van der Waals surface area contributed by atoms with E-state index < -0.39 is 11.8 Å². The van der Waals surface area contributed by atoms with Crippen LogP contribution in [0.4, 0.5) is 11.4 Å². The highest BCUT2D eigenvalue weighted by molar-refractivity contribution is 8.00. The summed E-state index contributed by atoms with van der Waals surface area (Å²) in [5, 5.41) is 2.90. The van der Waals surface area contributed by atoms with Crippen molar-refractivity contribution >= 4 is 40.9 Å². The molecule has 3 amide bonds. The van der Waals surface area contributed by atoms with Crippen LogP contribution in [0.25, 0.3) is 0 Å². The maximum absolute atomic E-state index is 12.8. The van der Waals surface area contributed by atoms with Crippen molar-refractivity contribution in [1.82, 2.24) is 0 Å². The molecule has 28 heavy (non-hydrogen) atoms. The first kappa shape index (κ1) is 19.9. The van der Waals surface area contributed by atoms with Crippen LogP contribution in [0.5, 0.6) is 0 Å². The molecule has 0 aromatic heterocycles. The average Bonchev–Trinajstić information content (AvgIpc) is 3.05. The second-order valence-corrected chi connectivity index (χ2v) is 7.88. The molecule has 3 N–H and O–H groups in total. The summed E-state index contributed by atoms with van der Waals surface area (Å²) in [6.45, 7) is 4.34. The SMILES string of the molecule is Cc1cccc(N2CC(C(=O)Nc3ccccc3SCC(N)=O)CC2=O)c1C. The highest BCUT2D eigenvalue weighted by atomic mass is 32.2. The molecule has 1 aliphatic rings. The molecule has 2 aromatic carbocycles. The van der Waals surface area contributed by atoms with Gasteiger partial charge in [0.15, 0.2) is 0 Å². The second-order valence-electron chi connectivity index (χ2n) is 6.86. The van der Waals surface area contributed by atoms with Gasteiger partial charge in [0.1, 0.15) is 0 Å². The third kappa shape index (κ3) is 4.36. The van der Waals surface area contributed by atoms with Crippen LogP contribution in [-0.2, 0) is 14.4 Å². The van der Waals surface area contributed by atoms with Gasteiger partial charge in [-0.1, -0.05) is 24.3 Å². The van der Waals surface area contributed by atoms with E-state index >= 15 is 0 Å². The zero-order valence-electron chi connectivity index (χ0n) is 15.9. The van der Waals surface area contributed by atoms with Crippen LogP contribution in [0.1, 0.15) is 17.5 Å². The molecule has 0 saturated carbocycles. The van der Waals surface area contributed by atoms with Gasteiger partial charge in [-0.15, -0.1) is 11.8 Å². The van der Waals surface area contributed by atoms with Crippen LogP contribution < -0.4 is 16.0 Å². The first-order chi connectivity index (χ1) is 13.4. The number of thioether (sulfide) groups is 1. The summed E-state index contributed by atoms with van der Waals surface area (Å²) in [6.07, 6.45) is 0.176. The molecule has 1 heterocycles. The van der Waals surface area contributed by atoms with Crippen molar-refractivity contribution in [2.24, 2.45) is 11.7 Å². The number of para-hydroxylation sites is 1. The maximum Gasteiger partial charge on any atom is 0.229 e. The topological polar surface area (TPSA) is 92.5 Å². The molecule has 3 rings (SSSR count). The largest absolute Gasteiger partial charge is 0.369 e. The fraction of sp³-hybridized carbons (Fsp3) is 0.286. The molecule has 0 radical (unpaired) electrons. The Bertz CT molecular complexity index is 929. The lowest BCUT2D eigenvalue weighted by molar-refractivity contribution is -0.122. The van der Waals surface area contributed by atoms with E-state index in [0.717, 1.165) is 21.7 Å². The van der Waals surface area contributed by atoms with E-state index in [9.17, 15) is 14.4 Å². The number of primary amides is 1. The normalized spacial score (nSPS) is 16.3. The van der Waals surface area contributed by atoms with Crippen molar-refractivity contribution in [3.05, 3.63) is 53.6 Å². The molecule has 1 unspecified atom stereocenters. The van der Waals surface area contributed by atoms with Crippen molar-refractivity contribution in [1.29, 1.82) is 0 Å². The Morgan fingerprint density at radius 2 is 1.93 bits per heavy atom. The number of hydrogen-bond acceptors (Lipinski definition) is 4. The molecule has 1 fully saturated rings. The van der Waals surface area contributed by atoms with Gasteiger partial charge in [-0.25, -0.2) is 0 Å². The van der Waals surface area contributed by atoms with E-state index in [1.165, 1.54) is 11.8 Å². The number of anilines is 2. The molecule has 1 atom stereocenters. The van der Waals surface area contributed by atoms with Crippen LogP contribution in [0, 0.1) is 19.8 Å².